The molecule has 0 aromatic heterocycles. The highest BCUT2D eigenvalue weighted by Crippen LogP contribution is 2.41. The van der Waals surface area contributed by atoms with Crippen LogP contribution in [0.5, 0.6) is 0 Å². The summed E-state index contributed by atoms with van der Waals surface area (Å²) in [6, 6.07) is 14.1. The molecule has 3 nitrogen and oxygen atoms in total. The van der Waals surface area contributed by atoms with Crippen LogP contribution in [0.1, 0.15) is 42.5 Å². The van der Waals surface area contributed by atoms with Gasteiger partial charge in [-0.15, -0.1) is 0 Å². The summed E-state index contributed by atoms with van der Waals surface area (Å²) in [5, 5.41) is 7.14. The number of rotatable bonds is 6. The normalized spacial score (nSPS) is 16.3. The van der Waals surface area contributed by atoms with E-state index >= 15 is 0 Å². The van der Waals surface area contributed by atoms with Gasteiger partial charge in [0.1, 0.15) is 0 Å². The van der Waals surface area contributed by atoms with Crippen LogP contribution in [-0.4, -0.2) is 11.9 Å². The zero-order valence-electron chi connectivity index (χ0n) is 15.0. The van der Waals surface area contributed by atoms with Crippen LogP contribution in [0.2, 0.25) is 5.02 Å². The Hall–Kier alpha value is -1.84. The van der Waals surface area contributed by atoms with Crippen molar-refractivity contribution < 1.29 is 4.79 Å². The van der Waals surface area contributed by atoms with Crippen molar-refractivity contribution in [2.24, 2.45) is 5.92 Å². The summed E-state index contributed by atoms with van der Waals surface area (Å²) in [6.07, 6.45) is 2.43. The summed E-state index contributed by atoms with van der Waals surface area (Å²) in [5.74, 6) is 0.578. The maximum Gasteiger partial charge on any atom is 0.241 e. The fraction of sp³-hybridized carbons (Fsp3) is 0.381. The number of carbonyl (C=O) groups is 1. The van der Waals surface area contributed by atoms with Crippen molar-refractivity contribution in [2.75, 3.05) is 5.32 Å². The molecule has 0 heterocycles. The van der Waals surface area contributed by atoms with Gasteiger partial charge in [-0.25, -0.2) is 0 Å². The molecular weight excluding hydrogens is 332 g/mol. The summed E-state index contributed by atoms with van der Waals surface area (Å²) in [4.78, 5) is 12.6. The van der Waals surface area contributed by atoms with Crippen LogP contribution < -0.4 is 10.6 Å². The van der Waals surface area contributed by atoms with Gasteiger partial charge < -0.3 is 5.32 Å². The lowest BCUT2D eigenvalue weighted by Crippen LogP contribution is -2.41. The maximum atomic E-state index is 12.6. The fourth-order valence-electron chi connectivity index (χ4n) is 3.02. The standard InChI is InChI=1S/C21H25ClN2O/c1-13-4-7-16(8-5-13)20(17-9-10-17)23-15(3)21(25)24-19-12-18(22)11-6-14(19)2/h4-8,11-12,15,17,20,23H,9-10H2,1-3H3,(H,24,25). The Morgan fingerprint density at radius 1 is 1.12 bits per heavy atom. The Morgan fingerprint density at radius 3 is 2.44 bits per heavy atom. The summed E-state index contributed by atoms with van der Waals surface area (Å²) in [6.45, 7) is 5.97. The lowest BCUT2D eigenvalue weighted by atomic mass is 10.00. The zero-order chi connectivity index (χ0) is 18.0. The van der Waals surface area contributed by atoms with Gasteiger partial charge in [0.25, 0.3) is 0 Å². The summed E-state index contributed by atoms with van der Waals surface area (Å²) < 4.78 is 0. The second kappa shape index (κ2) is 7.59. The predicted molar refractivity (Wildman–Crippen MR) is 104 cm³/mol. The van der Waals surface area contributed by atoms with Crippen molar-refractivity contribution in [3.8, 4) is 0 Å². The molecule has 2 aromatic carbocycles. The van der Waals surface area contributed by atoms with Crippen molar-refractivity contribution in [1.82, 2.24) is 5.32 Å². The van der Waals surface area contributed by atoms with Gasteiger partial charge in [-0.3, -0.25) is 10.1 Å². The Balaban J connectivity index is 1.68. The van der Waals surface area contributed by atoms with Gasteiger partial charge in [0.15, 0.2) is 0 Å². The Bertz CT molecular complexity index is 753. The number of amides is 1. The Morgan fingerprint density at radius 2 is 1.80 bits per heavy atom. The van der Waals surface area contributed by atoms with E-state index in [1.165, 1.54) is 24.0 Å². The number of carbonyl (C=O) groups excluding carboxylic acids is 1. The minimum absolute atomic E-state index is 0.0388. The van der Waals surface area contributed by atoms with Crippen LogP contribution >= 0.6 is 11.6 Å². The molecule has 1 fully saturated rings. The first-order chi connectivity index (χ1) is 11.9. The molecule has 25 heavy (non-hydrogen) atoms. The third kappa shape index (κ3) is 4.62. The monoisotopic (exact) mass is 356 g/mol. The molecule has 0 spiro atoms. The Labute approximate surface area is 154 Å². The largest absolute Gasteiger partial charge is 0.324 e. The van der Waals surface area contributed by atoms with Gasteiger partial charge in [0.2, 0.25) is 5.91 Å². The van der Waals surface area contributed by atoms with E-state index < -0.39 is 0 Å². The molecule has 4 heteroatoms. The molecule has 132 valence electrons. The van der Waals surface area contributed by atoms with Crippen molar-refractivity contribution in [2.45, 2.75) is 45.7 Å². The van der Waals surface area contributed by atoms with Crippen molar-refractivity contribution in [3.63, 3.8) is 0 Å². The van der Waals surface area contributed by atoms with Crippen LogP contribution in [0, 0.1) is 19.8 Å². The van der Waals surface area contributed by atoms with E-state index in [4.69, 9.17) is 11.6 Å². The minimum Gasteiger partial charge on any atom is -0.324 e. The van der Waals surface area contributed by atoms with E-state index in [1.54, 1.807) is 6.07 Å². The molecule has 0 aliphatic heterocycles. The topological polar surface area (TPSA) is 41.1 Å². The molecule has 1 saturated carbocycles. The quantitative estimate of drug-likeness (QED) is 0.762. The average molecular weight is 357 g/mol. The van der Waals surface area contributed by atoms with E-state index in [0.717, 1.165) is 11.3 Å². The van der Waals surface area contributed by atoms with Gasteiger partial charge in [-0.1, -0.05) is 47.5 Å². The molecule has 0 radical (unpaired) electrons. The van der Waals surface area contributed by atoms with Crippen molar-refractivity contribution >= 4 is 23.2 Å². The molecule has 2 atom stereocenters. The van der Waals surface area contributed by atoms with Gasteiger partial charge in [0.05, 0.1) is 6.04 Å². The molecule has 0 saturated heterocycles. The third-order valence-electron chi connectivity index (χ3n) is 4.81. The number of nitrogens with one attached hydrogen (secondary N) is 2. The fourth-order valence-corrected chi connectivity index (χ4v) is 3.19. The van der Waals surface area contributed by atoms with Crippen molar-refractivity contribution in [3.05, 3.63) is 64.2 Å². The van der Waals surface area contributed by atoms with E-state index in [-0.39, 0.29) is 18.0 Å². The van der Waals surface area contributed by atoms with Gasteiger partial charge in [-0.2, -0.15) is 0 Å². The zero-order valence-corrected chi connectivity index (χ0v) is 15.7. The number of anilines is 1. The van der Waals surface area contributed by atoms with Gasteiger partial charge in [0, 0.05) is 16.8 Å². The summed E-state index contributed by atoms with van der Waals surface area (Å²) >= 11 is 6.04. The van der Waals surface area contributed by atoms with Crippen molar-refractivity contribution in [1.29, 1.82) is 0 Å². The molecule has 1 amide bonds. The molecule has 1 aliphatic rings. The molecule has 2 N–H and O–H groups in total. The van der Waals surface area contributed by atoms with Gasteiger partial charge >= 0.3 is 0 Å². The van der Waals surface area contributed by atoms with Crippen LogP contribution in [0.15, 0.2) is 42.5 Å². The first-order valence-electron chi connectivity index (χ1n) is 8.83. The maximum absolute atomic E-state index is 12.6. The number of hydrogen-bond acceptors (Lipinski definition) is 2. The second-order valence-electron chi connectivity index (χ2n) is 7.06. The average Bonchev–Trinajstić information content (AvgIpc) is 3.41. The highest BCUT2D eigenvalue weighted by Gasteiger charge is 2.34. The minimum atomic E-state index is -0.287. The summed E-state index contributed by atoms with van der Waals surface area (Å²) in [7, 11) is 0. The first kappa shape index (κ1) is 18.0. The molecule has 2 aromatic rings. The summed E-state index contributed by atoms with van der Waals surface area (Å²) in [5.41, 5.74) is 4.28. The second-order valence-corrected chi connectivity index (χ2v) is 7.50. The van der Waals surface area contributed by atoms with E-state index in [2.05, 4.69) is 41.8 Å². The molecule has 0 bridgehead atoms. The first-order valence-corrected chi connectivity index (χ1v) is 9.21. The number of hydrogen-bond donors (Lipinski definition) is 2. The predicted octanol–water partition coefficient (Wildman–Crippen LogP) is 5.02. The number of benzene rings is 2. The van der Waals surface area contributed by atoms with Crippen LogP contribution in [0.4, 0.5) is 5.69 Å². The molecule has 1 aliphatic carbocycles. The highest BCUT2D eigenvalue weighted by molar-refractivity contribution is 6.31. The van der Waals surface area contributed by atoms with Gasteiger partial charge in [-0.05, 0) is 62.8 Å². The van der Waals surface area contributed by atoms with E-state index in [9.17, 15) is 4.79 Å². The van der Waals surface area contributed by atoms with E-state index in [0.29, 0.717) is 10.9 Å². The third-order valence-corrected chi connectivity index (χ3v) is 5.05. The SMILES string of the molecule is Cc1ccc(C(NC(C)C(=O)Nc2cc(Cl)ccc2C)C2CC2)cc1. The van der Waals surface area contributed by atoms with Crippen LogP contribution in [0.25, 0.3) is 0 Å². The molecule has 3 rings (SSSR count). The van der Waals surface area contributed by atoms with Crippen LogP contribution in [0.3, 0.4) is 0 Å². The van der Waals surface area contributed by atoms with Crippen LogP contribution in [-0.2, 0) is 4.79 Å². The molecular formula is C21H25ClN2O. The smallest absolute Gasteiger partial charge is 0.241 e. The molecule has 2 unspecified atom stereocenters. The highest BCUT2D eigenvalue weighted by atomic mass is 35.5. The van der Waals surface area contributed by atoms with E-state index in [1.807, 2.05) is 26.0 Å². The lowest BCUT2D eigenvalue weighted by Gasteiger charge is -2.24. The lowest BCUT2D eigenvalue weighted by molar-refractivity contribution is -0.118. The number of halogens is 1. The number of aryl methyl sites for hydroxylation is 2. The Kier molecular flexibility index (Phi) is 5.45.